The highest BCUT2D eigenvalue weighted by atomic mass is 15.1. The number of nitrogens with one attached hydrogen (secondary N) is 1. The Morgan fingerprint density at radius 1 is 1.05 bits per heavy atom. The van der Waals surface area contributed by atoms with Crippen molar-refractivity contribution >= 4 is 0 Å². The van der Waals surface area contributed by atoms with Gasteiger partial charge in [-0.05, 0) is 77.4 Å². The van der Waals surface area contributed by atoms with Crippen molar-refractivity contribution in [2.24, 2.45) is 11.8 Å². The molecule has 2 rings (SSSR count). The lowest BCUT2D eigenvalue weighted by molar-refractivity contribution is 0.153. The van der Waals surface area contributed by atoms with Crippen LogP contribution in [0.25, 0.3) is 0 Å². The van der Waals surface area contributed by atoms with Crippen LogP contribution in [0.1, 0.15) is 64.7 Å². The smallest absolute Gasteiger partial charge is 0.00928 e. The fourth-order valence-electron chi connectivity index (χ4n) is 4.31. The average molecular weight is 266 g/mol. The van der Waals surface area contributed by atoms with E-state index in [4.69, 9.17) is 0 Å². The Hall–Kier alpha value is -0.0800. The maximum absolute atomic E-state index is 3.51. The monoisotopic (exact) mass is 266 g/mol. The summed E-state index contributed by atoms with van der Waals surface area (Å²) in [6, 6.07) is 1.67. The third-order valence-corrected chi connectivity index (χ3v) is 5.90. The molecule has 0 spiro atoms. The molecule has 0 bridgehead atoms. The van der Waals surface area contributed by atoms with Gasteiger partial charge in [0.1, 0.15) is 0 Å². The standard InChI is InChI=1S/C17H34N2/c1-4-14-8-10-16(11-9-14)19(3)13-12-15-6-5-7-17(15)18-2/h14-18H,4-13H2,1-3H3. The van der Waals surface area contributed by atoms with Crippen molar-refractivity contribution in [3.63, 3.8) is 0 Å². The Kier molecular flexibility index (Phi) is 6.15. The topological polar surface area (TPSA) is 15.3 Å². The Morgan fingerprint density at radius 2 is 1.79 bits per heavy atom. The summed E-state index contributed by atoms with van der Waals surface area (Å²) in [5.74, 6) is 1.95. The Bertz CT molecular complexity index is 246. The largest absolute Gasteiger partial charge is 0.317 e. The van der Waals surface area contributed by atoms with Crippen LogP contribution in [0.5, 0.6) is 0 Å². The van der Waals surface area contributed by atoms with Crippen LogP contribution in [0.15, 0.2) is 0 Å². The van der Waals surface area contributed by atoms with Crippen molar-refractivity contribution in [1.82, 2.24) is 10.2 Å². The zero-order chi connectivity index (χ0) is 13.7. The first-order valence-corrected chi connectivity index (χ1v) is 8.62. The first kappa shape index (κ1) is 15.3. The molecule has 0 saturated heterocycles. The van der Waals surface area contributed by atoms with Crippen molar-refractivity contribution < 1.29 is 0 Å². The van der Waals surface area contributed by atoms with E-state index in [1.54, 1.807) is 0 Å². The Labute approximate surface area is 120 Å². The molecule has 0 aromatic heterocycles. The van der Waals surface area contributed by atoms with Crippen LogP contribution in [0, 0.1) is 11.8 Å². The number of nitrogens with zero attached hydrogens (tertiary/aromatic N) is 1. The van der Waals surface area contributed by atoms with Crippen molar-refractivity contribution in [3.8, 4) is 0 Å². The van der Waals surface area contributed by atoms with Gasteiger partial charge >= 0.3 is 0 Å². The van der Waals surface area contributed by atoms with Crippen LogP contribution < -0.4 is 5.32 Å². The molecule has 0 aromatic rings. The van der Waals surface area contributed by atoms with Crippen LogP contribution >= 0.6 is 0 Å². The van der Waals surface area contributed by atoms with E-state index >= 15 is 0 Å². The van der Waals surface area contributed by atoms with E-state index in [-0.39, 0.29) is 0 Å². The molecule has 112 valence electrons. The van der Waals surface area contributed by atoms with Gasteiger partial charge < -0.3 is 10.2 Å². The summed E-state index contributed by atoms with van der Waals surface area (Å²) in [7, 11) is 4.50. The third kappa shape index (κ3) is 4.19. The average Bonchev–Trinajstić information content (AvgIpc) is 2.92. The molecule has 2 heteroatoms. The highest BCUT2D eigenvalue weighted by Gasteiger charge is 2.27. The summed E-state index contributed by atoms with van der Waals surface area (Å²) in [4.78, 5) is 2.66. The maximum atomic E-state index is 3.51. The lowest BCUT2D eigenvalue weighted by Gasteiger charge is -2.35. The minimum Gasteiger partial charge on any atom is -0.317 e. The number of hydrogen-bond donors (Lipinski definition) is 1. The summed E-state index contributed by atoms with van der Waals surface area (Å²) in [6.07, 6.45) is 12.9. The molecule has 2 aliphatic carbocycles. The molecule has 2 saturated carbocycles. The van der Waals surface area contributed by atoms with Gasteiger partial charge in [-0.3, -0.25) is 0 Å². The minimum absolute atomic E-state index is 0.796. The molecule has 1 N–H and O–H groups in total. The highest BCUT2D eigenvalue weighted by molar-refractivity contribution is 4.84. The fourth-order valence-corrected chi connectivity index (χ4v) is 4.31. The molecule has 0 aromatic carbocycles. The zero-order valence-electron chi connectivity index (χ0n) is 13.3. The van der Waals surface area contributed by atoms with Crippen molar-refractivity contribution in [3.05, 3.63) is 0 Å². The van der Waals surface area contributed by atoms with Crippen molar-refractivity contribution in [2.45, 2.75) is 76.8 Å². The molecule has 0 radical (unpaired) electrons. The maximum Gasteiger partial charge on any atom is 0.00928 e. The summed E-state index contributed by atoms with van der Waals surface area (Å²) in [6.45, 7) is 3.66. The van der Waals surface area contributed by atoms with Crippen LogP contribution in [-0.4, -0.2) is 37.6 Å². The van der Waals surface area contributed by atoms with Gasteiger partial charge in [0.2, 0.25) is 0 Å². The van der Waals surface area contributed by atoms with Gasteiger partial charge in [0.25, 0.3) is 0 Å². The van der Waals surface area contributed by atoms with E-state index in [1.165, 1.54) is 64.3 Å². The van der Waals surface area contributed by atoms with Crippen LogP contribution in [-0.2, 0) is 0 Å². The third-order valence-electron chi connectivity index (χ3n) is 5.90. The number of rotatable bonds is 6. The summed E-state index contributed by atoms with van der Waals surface area (Å²) >= 11 is 0. The summed E-state index contributed by atoms with van der Waals surface area (Å²) in [5, 5.41) is 3.51. The van der Waals surface area contributed by atoms with Crippen LogP contribution in [0.2, 0.25) is 0 Å². The summed E-state index contributed by atoms with van der Waals surface area (Å²) < 4.78 is 0. The van der Waals surface area contributed by atoms with E-state index in [1.807, 2.05) is 0 Å². The minimum atomic E-state index is 0.796. The normalized spacial score (nSPS) is 36.0. The second kappa shape index (κ2) is 7.64. The first-order valence-electron chi connectivity index (χ1n) is 8.62. The van der Waals surface area contributed by atoms with E-state index in [9.17, 15) is 0 Å². The van der Waals surface area contributed by atoms with Crippen molar-refractivity contribution in [1.29, 1.82) is 0 Å². The second-order valence-electron chi connectivity index (χ2n) is 6.94. The second-order valence-corrected chi connectivity index (χ2v) is 6.94. The van der Waals surface area contributed by atoms with E-state index < -0.39 is 0 Å². The molecule has 2 unspecified atom stereocenters. The van der Waals surface area contributed by atoms with Crippen LogP contribution in [0.4, 0.5) is 0 Å². The summed E-state index contributed by atoms with van der Waals surface area (Å²) in [5.41, 5.74) is 0. The van der Waals surface area contributed by atoms with Gasteiger partial charge in [0.05, 0.1) is 0 Å². The van der Waals surface area contributed by atoms with Gasteiger partial charge in [0.15, 0.2) is 0 Å². The SMILES string of the molecule is CCC1CCC(N(C)CCC2CCCC2NC)CC1. The molecule has 2 nitrogen and oxygen atoms in total. The molecule has 19 heavy (non-hydrogen) atoms. The van der Waals surface area contributed by atoms with Crippen molar-refractivity contribution in [2.75, 3.05) is 20.6 Å². The molecule has 0 aliphatic heterocycles. The van der Waals surface area contributed by atoms with Gasteiger partial charge in [0, 0.05) is 12.1 Å². The predicted octanol–water partition coefficient (Wildman–Crippen LogP) is 3.67. The molecule has 2 atom stereocenters. The molecule has 2 aliphatic rings. The Morgan fingerprint density at radius 3 is 2.42 bits per heavy atom. The fraction of sp³-hybridized carbons (Fsp3) is 1.00. The Balaban J connectivity index is 1.68. The predicted molar refractivity (Wildman–Crippen MR) is 83.5 cm³/mol. The van der Waals surface area contributed by atoms with E-state index in [0.717, 1.165) is 23.9 Å². The quantitative estimate of drug-likeness (QED) is 0.789. The molecular weight excluding hydrogens is 232 g/mol. The lowest BCUT2D eigenvalue weighted by atomic mass is 9.84. The zero-order valence-corrected chi connectivity index (χ0v) is 13.3. The van der Waals surface area contributed by atoms with E-state index in [0.29, 0.717) is 0 Å². The van der Waals surface area contributed by atoms with Gasteiger partial charge in [-0.2, -0.15) is 0 Å². The van der Waals surface area contributed by atoms with Gasteiger partial charge in [-0.15, -0.1) is 0 Å². The molecule has 0 amide bonds. The molecule has 0 heterocycles. The van der Waals surface area contributed by atoms with E-state index in [2.05, 4.69) is 31.2 Å². The number of hydrogen-bond acceptors (Lipinski definition) is 2. The molecule has 2 fully saturated rings. The first-order chi connectivity index (χ1) is 9.24. The van der Waals surface area contributed by atoms with Gasteiger partial charge in [-0.1, -0.05) is 19.8 Å². The molecular formula is C17H34N2. The lowest BCUT2D eigenvalue weighted by Crippen LogP contribution is -2.38. The highest BCUT2D eigenvalue weighted by Crippen LogP contribution is 2.31. The van der Waals surface area contributed by atoms with Crippen LogP contribution in [0.3, 0.4) is 0 Å². The van der Waals surface area contributed by atoms with Gasteiger partial charge in [-0.25, -0.2) is 0 Å².